The maximum Gasteiger partial charge on any atom is 0.308 e. The third-order valence-electron chi connectivity index (χ3n) is 12.4. The molecule has 2 aliphatic rings. The standard InChI is InChI=1S/C50H55N9O7S2/c1-26-29(4)68-49-42(26)43(54-38(21-41(62)65-9)46-57-56-30(5)59(46)49)33-14-12-32(13-15-33)37-19-18-36(22-51-37)66-24-40(61)55-45(50(6,7)8)48(64)58-23-35(60)20-39(58)47(63)53-27(2)31-10-16-34(17-11-31)44-28(3)52-25-67-44/h10-19,22,25,27,35,38-39,45,60H,20-21,23-24H2,1-9H3,(H,53,63)(H,55,61)/t27-,35+,38-,39-,45+/m0/s1. The lowest BCUT2D eigenvalue weighted by Crippen LogP contribution is -2.58. The van der Waals surface area contributed by atoms with Crippen molar-refractivity contribution in [3.05, 3.63) is 117 Å². The number of nitrogens with zero attached hydrogens (tertiary/aromatic N) is 7. The van der Waals surface area contributed by atoms with Crippen molar-refractivity contribution in [3.8, 4) is 32.4 Å². The summed E-state index contributed by atoms with van der Waals surface area (Å²) in [6, 6.07) is 16.4. The number of likely N-dealkylation sites (tertiary alicyclic amines) is 1. The van der Waals surface area contributed by atoms with Gasteiger partial charge in [0, 0.05) is 34.5 Å². The van der Waals surface area contributed by atoms with Crippen LogP contribution in [0.2, 0.25) is 0 Å². The second-order valence-electron chi connectivity index (χ2n) is 18.3. The molecule has 5 atom stereocenters. The molecule has 6 heterocycles. The highest BCUT2D eigenvalue weighted by atomic mass is 32.1. The molecule has 0 saturated carbocycles. The zero-order valence-corrected chi connectivity index (χ0v) is 41.1. The molecule has 0 spiro atoms. The number of nitrogens with one attached hydrogen (secondary N) is 2. The van der Waals surface area contributed by atoms with Gasteiger partial charge in [0.1, 0.15) is 34.7 Å². The van der Waals surface area contributed by atoms with Crippen molar-refractivity contribution < 1.29 is 33.8 Å². The fraction of sp³-hybridized carbons (Fsp3) is 0.380. The van der Waals surface area contributed by atoms with Crippen molar-refractivity contribution in [3.63, 3.8) is 0 Å². The van der Waals surface area contributed by atoms with E-state index in [-0.39, 0.29) is 31.3 Å². The number of aryl methyl sites for hydroxylation is 3. The number of esters is 1. The van der Waals surface area contributed by atoms with E-state index in [1.807, 2.05) is 100 Å². The lowest BCUT2D eigenvalue weighted by Gasteiger charge is -2.35. The number of β-amino-alcohol motifs (C(OH)–C–C–N with tert-alkyl or cyclic N) is 1. The Kier molecular flexibility index (Phi) is 13.7. The van der Waals surface area contributed by atoms with Crippen LogP contribution in [0.5, 0.6) is 5.75 Å². The van der Waals surface area contributed by atoms with Crippen LogP contribution >= 0.6 is 22.7 Å². The van der Waals surface area contributed by atoms with E-state index in [9.17, 15) is 24.3 Å². The van der Waals surface area contributed by atoms with Gasteiger partial charge >= 0.3 is 5.97 Å². The molecule has 3 N–H and O–H groups in total. The Morgan fingerprint density at radius 1 is 0.912 bits per heavy atom. The van der Waals surface area contributed by atoms with Gasteiger partial charge in [-0.25, -0.2) is 4.98 Å². The smallest absolute Gasteiger partial charge is 0.308 e. The van der Waals surface area contributed by atoms with Gasteiger partial charge in [0.05, 0.1) is 59.4 Å². The average molecular weight is 958 g/mol. The fourth-order valence-corrected chi connectivity index (χ4v) is 10.6. The number of benzene rings is 2. The predicted molar refractivity (Wildman–Crippen MR) is 260 cm³/mol. The quantitative estimate of drug-likeness (QED) is 0.101. The number of aliphatic hydroxyl groups excluding tert-OH is 1. The van der Waals surface area contributed by atoms with E-state index in [4.69, 9.17) is 14.5 Å². The first kappa shape index (κ1) is 47.8. The maximum atomic E-state index is 14.2. The van der Waals surface area contributed by atoms with Gasteiger partial charge in [-0.15, -0.1) is 32.9 Å². The van der Waals surface area contributed by atoms with Gasteiger partial charge in [0.2, 0.25) is 11.8 Å². The van der Waals surface area contributed by atoms with Crippen LogP contribution in [0.25, 0.3) is 26.7 Å². The molecule has 6 aromatic rings. The number of aliphatic hydroxyl groups is 1. The molecule has 0 bridgehead atoms. The van der Waals surface area contributed by atoms with Crippen LogP contribution in [0.4, 0.5) is 0 Å². The number of thiazole rings is 1. The lowest BCUT2D eigenvalue weighted by molar-refractivity contribution is -0.144. The summed E-state index contributed by atoms with van der Waals surface area (Å²) >= 11 is 3.20. The second kappa shape index (κ2) is 19.5. The number of thiophene rings is 1. The molecule has 1 fully saturated rings. The van der Waals surface area contributed by atoms with Gasteiger partial charge in [0.25, 0.3) is 5.91 Å². The summed E-state index contributed by atoms with van der Waals surface area (Å²) in [6.07, 6.45) is 0.711. The van der Waals surface area contributed by atoms with E-state index < -0.39 is 54.0 Å². The Hall–Kier alpha value is -6.63. The normalized spacial score (nSPS) is 17.6. The van der Waals surface area contributed by atoms with Gasteiger partial charge in [-0.05, 0) is 68.9 Å². The summed E-state index contributed by atoms with van der Waals surface area (Å²) in [5.74, 6) is -0.151. The number of carbonyl (C=O) groups excluding carboxylic acids is 4. The third-order valence-corrected chi connectivity index (χ3v) is 14.6. The Bertz CT molecular complexity index is 2880. The topological polar surface area (TPSA) is 203 Å². The lowest BCUT2D eigenvalue weighted by atomic mass is 9.85. The van der Waals surface area contributed by atoms with E-state index in [1.165, 1.54) is 18.2 Å². The number of hydrogen-bond acceptors (Lipinski definition) is 14. The number of methoxy groups -OCH3 is 1. The number of fused-ring (bicyclic) bond motifs is 3. The monoisotopic (exact) mass is 957 g/mol. The molecule has 3 amide bonds. The minimum atomic E-state index is -1.02. The summed E-state index contributed by atoms with van der Waals surface area (Å²) in [5.41, 5.74) is 9.11. The zero-order valence-electron chi connectivity index (χ0n) is 39.5. The third kappa shape index (κ3) is 9.84. The van der Waals surface area contributed by atoms with Crippen LogP contribution < -0.4 is 15.4 Å². The molecule has 68 heavy (non-hydrogen) atoms. The van der Waals surface area contributed by atoms with Crippen LogP contribution in [0.15, 0.2) is 77.4 Å². The molecule has 0 radical (unpaired) electrons. The summed E-state index contributed by atoms with van der Waals surface area (Å²) in [5, 5.41) is 26.3. The zero-order chi connectivity index (χ0) is 48.6. The van der Waals surface area contributed by atoms with Crippen LogP contribution in [-0.2, 0) is 23.9 Å². The molecule has 0 aliphatic carbocycles. The number of pyridine rings is 1. The van der Waals surface area contributed by atoms with Crippen LogP contribution in [-0.4, -0.2) is 103 Å². The van der Waals surface area contributed by atoms with E-state index in [0.717, 1.165) is 59.5 Å². The van der Waals surface area contributed by atoms with Gasteiger partial charge in [-0.2, -0.15) is 0 Å². The average Bonchev–Trinajstić information content (AvgIpc) is 4.09. The number of carbonyl (C=O) groups is 4. The van der Waals surface area contributed by atoms with E-state index in [0.29, 0.717) is 23.1 Å². The fourth-order valence-electron chi connectivity index (χ4n) is 8.57. The minimum absolute atomic E-state index is 0.00873. The number of aromatic nitrogens is 5. The van der Waals surface area contributed by atoms with Crippen molar-refractivity contribution in [2.24, 2.45) is 10.4 Å². The van der Waals surface area contributed by atoms with Crippen molar-refractivity contribution in [1.29, 1.82) is 0 Å². The predicted octanol–water partition coefficient (Wildman–Crippen LogP) is 6.95. The Labute approximate surface area is 402 Å². The molecule has 8 rings (SSSR count). The van der Waals surface area contributed by atoms with Crippen molar-refractivity contribution in [1.82, 2.24) is 40.3 Å². The van der Waals surface area contributed by atoms with E-state index in [2.05, 4.69) is 44.6 Å². The first-order chi connectivity index (χ1) is 32.4. The molecule has 1 saturated heterocycles. The van der Waals surface area contributed by atoms with Crippen molar-refractivity contribution >= 4 is 52.1 Å². The highest BCUT2D eigenvalue weighted by molar-refractivity contribution is 7.15. The summed E-state index contributed by atoms with van der Waals surface area (Å²) in [7, 11) is 1.36. The number of aliphatic imine (C=N–C) groups is 1. The number of ether oxygens (including phenoxy) is 2. The Morgan fingerprint density at radius 3 is 2.26 bits per heavy atom. The van der Waals surface area contributed by atoms with Crippen molar-refractivity contribution in [2.75, 3.05) is 20.3 Å². The second-order valence-corrected chi connectivity index (χ2v) is 20.4. The Balaban J connectivity index is 0.905. The van der Waals surface area contributed by atoms with Crippen LogP contribution in [0.3, 0.4) is 0 Å². The largest absolute Gasteiger partial charge is 0.482 e. The highest BCUT2D eigenvalue weighted by Gasteiger charge is 2.45. The van der Waals surface area contributed by atoms with Crippen LogP contribution in [0, 0.1) is 33.1 Å². The molecular weight excluding hydrogens is 903 g/mol. The molecule has 4 aromatic heterocycles. The maximum absolute atomic E-state index is 14.2. The van der Waals surface area contributed by atoms with Crippen LogP contribution in [0.1, 0.15) is 97.1 Å². The molecule has 16 nitrogen and oxygen atoms in total. The first-order valence-electron chi connectivity index (χ1n) is 22.4. The molecule has 354 valence electrons. The van der Waals surface area contributed by atoms with Gasteiger partial charge in [-0.1, -0.05) is 69.3 Å². The first-order valence-corrected chi connectivity index (χ1v) is 24.1. The summed E-state index contributed by atoms with van der Waals surface area (Å²) < 4.78 is 12.9. The summed E-state index contributed by atoms with van der Waals surface area (Å²) in [4.78, 5) is 71.6. The molecule has 0 unspecified atom stereocenters. The highest BCUT2D eigenvalue weighted by Crippen LogP contribution is 2.40. The Morgan fingerprint density at radius 2 is 1.62 bits per heavy atom. The number of rotatable bonds is 13. The molecule has 2 aliphatic heterocycles. The van der Waals surface area contributed by atoms with Gasteiger partial charge in [-0.3, -0.25) is 33.7 Å². The summed E-state index contributed by atoms with van der Waals surface area (Å²) in [6.45, 7) is 14.9. The molecular formula is C50H55N9O7S2. The van der Waals surface area contributed by atoms with Crippen molar-refractivity contribution in [2.45, 2.75) is 98.5 Å². The van der Waals surface area contributed by atoms with Gasteiger partial charge < -0.3 is 30.1 Å². The minimum Gasteiger partial charge on any atom is -0.482 e. The molecule has 18 heteroatoms. The van der Waals surface area contributed by atoms with E-state index in [1.54, 1.807) is 34.8 Å². The SMILES string of the molecule is COC(=O)C[C@@H]1N=C(c2ccc(-c3ccc(OCC(=O)N[C@H](C(=O)N4C[C@H](O)C[C@H]4C(=O)N[C@@H](C)c4ccc(-c5scnc5C)cc4)C(C)(C)C)cn3)cc2)c2c(sc(C)c2C)-n2c(C)nnc21. The number of amides is 3. The van der Waals surface area contributed by atoms with Gasteiger partial charge in [0.15, 0.2) is 12.4 Å². The molecule has 2 aromatic carbocycles. The number of hydrogen-bond donors (Lipinski definition) is 3. The van der Waals surface area contributed by atoms with E-state index >= 15 is 0 Å².